The highest BCUT2D eigenvalue weighted by atomic mass is 16.5. The predicted octanol–water partition coefficient (Wildman–Crippen LogP) is 1.80. The molecule has 0 saturated carbocycles. The molecule has 0 amide bonds. The Morgan fingerprint density at radius 1 is 1.33 bits per heavy atom. The Kier molecular flexibility index (Phi) is 9.06. The summed E-state index contributed by atoms with van der Waals surface area (Å²) in [5.74, 6) is 0.455. The molecule has 92 valence electrons. The molecule has 0 aliphatic rings. The molecule has 0 radical (unpaired) electrons. The minimum absolute atomic E-state index is 0.182. The van der Waals surface area contributed by atoms with Gasteiger partial charge in [-0.2, -0.15) is 0 Å². The molecule has 0 fully saturated rings. The maximum absolute atomic E-state index is 9.24. The zero-order valence-electron chi connectivity index (χ0n) is 10.6. The van der Waals surface area contributed by atoms with Crippen LogP contribution in [0.5, 0.6) is 0 Å². The summed E-state index contributed by atoms with van der Waals surface area (Å²) in [5.41, 5.74) is 0. The first kappa shape index (κ1) is 14.9. The predicted molar refractivity (Wildman–Crippen MR) is 64.0 cm³/mol. The van der Waals surface area contributed by atoms with Gasteiger partial charge in [0.1, 0.15) is 0 Å². The summed E-state index contributed by atoms with van der Waals surface area (Å²) in [5, 5.41) is 12.7. The zero-order chi connectivity index (χ0) is 11.7. The maximum atomic E-state index is 9.24. The first-order valence-electron chi connectivity index (χ1n) is 6.01. The average molecular weight is 217 g/mol. The fourth-order valence-corrected chi connectivity index (χ4v) is 1.63. The highest BCUT2D eigenvalue weighted by molar-refractivity contribution is 4.76. The standard InChI is InChI=1S/C12H27NO2/c1-5-6-7-11(9-15-4)13-12(8-14)10(2)3/h10-14H,5-9H2,1-4H3/t11?,12-/m1/s1. The molecule has 0 aromatic rings. The summed E-state index contributed by atoms with van der Waals surface area (Å²) in [6, 6.07) is 0.552. The van der Waals surface area contributed by atoms with Gasteiger partial charge in [-0.1, -0.05) is 33.6 Å². The summed E-state index contributed by atoms with van der Waals surface area (Å²) in [4.78, 5) is 0. The Balaban J connectivity index is 3.99. The molecule has 2 N–H and O–H groups in total. The van der Waals surface area contributed by atoms with E-state index >= 15 is 0 Å². The second kappa shape index (κ2) is 9.13. The zero-order valence-corrected chi connectivity index (χ0v) is 10.6. The first-order chi connectivity index (χ1) is 7.15. The van der Waals surface area contributed by atoms with E-state index in [9.17, 15) is 5.11 Å². The van der Waals surface area contributed by atoms with E-state index in [-0.39, 0.29) is 12.6 Å². The van der Waals surface area contributed by atoms with Crippen molar-refractivity contribution < 1.29 is 9.84 Å². The van der Waals surface area contributed by atoms with Crippen LogP contribution in [0.15, 0.2) is 0 Å². The van der Waals surface area contributed by atoms with Crippen LogP contribution >= 0.6 is 0 Å². The lowest BCUT2D eigenvalue weighted by molar-refractivity contribution is 0.132. The molecular weight excluding hydrogens is 190 g/mol. The normalized spacial score (nSPS) is 15.6. The fraction of sp³-hybridized carbons (Fsp3) is 1.00. The molecule has 2 atom stereocenters. The third kappa shape index (κ3) is 6.88. The van der Waals surface area contributed by atoms with Crippen LogP contribution in [0.25, 0.3) is 0 Å². The maximum Gasteiger partial charge on any atom is 0.0615 e. The second-order valence-corrected chi connectivity index (χ2v) is 4.49. The van der Waals surface area contributed by atoms with E-state index in [0.29, 0.717) is 12.0 Å². The van der Waals surface area contributed by atoms with Crippen molar-refractivity contribution in [1.29, 1.82) is 0 Å². The van der Waals surface area contributed by atoms with E-state index in [1.54, 1.807) is 7.11 Å². The third-order valence-corrected chi connectivity index (χ3v) is 2.73. The molecule has 0 aliphatic carbocycles. The number of aliphatic hydroxyl groups is 1. The van der Waals surface area contributed by atoms with Crippen LogP contribution in [0.3, 0.4) is 0 Å². The smallest absolute Gasteiger partial charge is 0.0615 e. The van der Waals surface area contributed by atoms with Crippen molar-refractivity contribution in [1.82, 2.24) is 5.32 Å². The highest BCUT2D eigenvalue weighted by Crippen LogP contribution is 2.06. The average Bonchev–Trinajstić information content (AvgIpc) is 2.21. The molecule has 3 nitrogen and oxygen atoms in total. The van der Waals surface area contributed by atoms with E-state index in [1.165, 1.54) is 12.8 Å². The molecule has 0 aliphatic heterocycles. The first-order valence-corrected chi connectivity index (χ1v) is 6.01. The van der Waals surface area contributed by atoms with Crippen LogP contribution in [-0.4, -0.2) is 37.5 Å². The fourth-order valence-electron chi connectivity index (χ4n) is 1.63. The van der Waals surface area contributed by atoms with Crippen molar-refractivity contribution in [2.45, 2.75) is 52.1 Å². The molecule has 0 spiro atoms. The van der Waals surface area contributed by atoms with Crippen molar-refractivity contribution >= 4 is 0 Å². The van der Waals surface area contributed by atoms with Crippen LogP contribution in [0.1, 0.15) is 40.0 Å². The van der Waals surface area contributed by atoms with Gasteiger partial charge in [0.15, 0.2) is 0 Å². The van der Waals surface area contributed by atoms with Gasteiger partial charge in [0.2, 0.25) is 0 Å². The lowest BCUT2D eigenvalue weighted by Gasteiger charge is -2.26. The molecule has 3 heteroatoms. The lowest BCUT2D eigenvalue weighted by atomic mass is 10.0. The monoisotopic (exact) mass is 217 g/mol. The van der Waals surface area contributed by atoms with E-state index in [1.807, 2.05) is 0 Å². The lowest BCUT2D eigenvalue weighted by Crippen LogP contribution is -2.45. The van der Waals surface area contributed by atoms with Crippen LogP contribution in [0, 0.1) is 5.92 Å². The van der Waals surface area contributed by atoms with Crippen LogP contribution in [0.2, 0.25) is 0 Å². The van der Waals surface area contributed by atoms with E-state index < -0.39 is 0 Å². The molecule has 1 unspecified atom stereocenters. The van der Waals surface area contributed by atoms with E-state index in [0.717, 1.165) is 13.0 Å². The van der Waals surface area contributed by atoms with Crippen molar-refractivity contribution in [3.63, 3.8) is 0 Å². The number of hydrogen-bond acceptors (Lipinski definition) is 3. The molecule has 0 bridgehead atoms. The number of hydrogen-bond donors (Lipinski definition) is 2. The van der Waals surface area contributed by atoms with Gasteiger partial charge in [-0.15, -0.1) is 0 Å². The summed E-state index contributed by atoms with van der Waals surface area (Å²) in [7, 11) is 1.73. The molecule has 0 aromatic heterocycles. The molecule has 15 heavy (non-hydrogen) atoms. The number of nitrogens with one attached hydrogen (secondary N) is 1. The Hall–Kier alpha value is -0.120. The molecule has 0 heterocycles. The number of rotatable bonds is 9. The molecule has 0 aromatic carbocycles. The topological polar surface area (TPSA) is 41.5 Å². The number of ether oxygens (including phenoxy) is 1. The Morgan fingerprint density at radius 2 is 2.00 bits per heavy atom. The molecule has 0 rings (SSSR count). The summed E-state index contributed by atoms with van der Waals surface area (Å²) in [6.45, 7) is 7.36. The highest BCUT2D eigenvalue weighted by Gasteiger charge is 2.16. The van der Waals surface area contributed by atoms with Gasteiger partial charge in [0.25, 0.3) is 0 Å². The van der Waals surface area contributed by atoms with Gasteiger partial charge in [-0.3, -0.25) is 0 Å². The minimum atomic E-state index is 0.182. The quantitative estimate of drug-likeness (QED) is 0.619. The van der Waals surface area contributed by atoms with Crippen LogP contribution in [0.4, 0.5) is 0 Å². The number of aliphatic hydroxyl groups excluding tert-OH is 1. The van der Waals surface area contributed by atoms with Crippen molar-refractivity contribution in [2.75, 3.05) is 20.3 Å². The molecular formula is C12H27NO2. The van der Waals surface area contributed by atoms with Gasteiger partial charge in [0, 0.05) is 19.2 Å². The van der Waals surface area contributed by atoms with E-state index in [4.69, 9.17) is 4.74 Å². The Morgan fingerprint density at radius 3 is 2.40 bits per heavy atom. The van der Waals surface area contributed by atoms with Crippen molar-refractivity contribution in [3.05, 3.63) is 0 Å². The number of methoxy groups -OCH3 is 1. The van der Waals surface area contributed by atoms with Gasteiger partial charge in [-0.05, 0) is 12.3 Å². The SMILES string of the molecule is CCCCC(COC)N[C@H](CO)C(C)C. The minimum Gasteiger partial charge on any atom is -0.395 e. The largest absolute Gasteiger partial charge is 0.395 e. The third-order valence-electron chi connectivity index (χ3n) is 2.73. The second-order valence-electron chi connectivity index (χ2n) is 4.49. The summed E-state index contributed by atoms with van der Waals surface area (Å²) < 4.78 is 5.18. The van der Waals surface area contributed by atoms with Crippen LogP contribution < -0.4 is 5.32 Å². The van der Waals surface area contributed by atoms with Gasteiger partial charge < -0.3 is 15.2 Å². The number of unbranched alkanes of at least 4 members (excludes halogenated alkanes) is 1. The summed E-state index contributed by atoms with van der Waals surface area (Å²) >= 11 is 0. The Labute approximate surface area is 94.2 Å². The van der Waals surface area contributed by atoms with Gasteiger partial charge >= 0.3 is 0 Å². The van der Waals surface area contributed by atoms with Crippen molar-refractivity contribution in [2.24, 2.45) is 5.92 Å². The van der Waals surface area contributed by atoms with Gasteiger partial charge in [0.05, 0.1) is 13.2 Å². The van der Waals surface area contributed by atoms with Gasteiger partial charge in [-0.25, -0.2) is 0 Å². The van der Waals surface area contributed by atoms with E-state index in [2.05, 4.69) is 26.1 Å². The Bertz CT molecular complexity index is 140. The molecule has 0 saturated heterocycles. The van der Waals surface area contributed by atoms with Crippen molar-refractivity contribution in [3.8, 4) is 0 Å². The van der Waals surface area contributed by atoms with Crippen LogP contribution in [-0.2, 0) is 4.74 Å². The summed E-state index contributed by atoms with van der Waals surface area (Å²) in [6.07, 6.45) is 3.53.